The molecule has 114 valence electrons. The Bertz CT molecular complexity index is 594. The summed E-state index contributed by atoms with van der Waals surface area (Å²) < 4.78 is 0. The first-order valence-corrected chi connectivity index (χ1v) is 8.55. The Morgan fingerprint density at radius 3 is 2.95 bits per heavy atom. The van der Waals surface area contributed by atoms with E-state index in [1.165, 1.54) is 11.3 Å². The van der Waals surface area contributed by atoms with Crippen molar-refractivity contribution in [3.8, 4) is 0 Å². The Morgan fingerprint density at radius 1 is 1.57 bits per heavy atom. The van der Waals surface area contributed by atoms with Gasteiger partial charge in [0.2, 0.25) is 0 Å². The number of nitrogen functional groups attached to an aromatic ring is 1. The summed E-state index contributed by atoms with van der Waals surface area (Å²) in [5, 5.41) is 5.88. The molecule has 2 heterocycles. The maximum absolute atomic E-state index is 12.6. The fourth-order valence-electron chi connectivity index (χ4n) is 1.85. The van der Waals surface area contributed by atoms with E-state index in [2.05, 4.69) is 17.2 Å². The molecule has 0 aliphatic heterocycles. The third kappa shape index (κ3) is 3.54. The Morgan fingerprint density at radius 2 is 2.33 bits per heavy atom. The first-order chi connectivity index (χ1) is 10.0. The van der Waals surface area contributed by atoms with Crippen molar-refractivity contribution in [2.45, 2.75) is 26.3 Å². The normalized spacial score (nSPS) is 12.1. The van der Waals surface area contributed by atoms with Crippen LogP contribution in [0.25, 0.3) is 0 Å². The smallest absolute Gasteiger partial charge is 0.268 e. The van der Waals surface area contributed by atoms with Crippen LogP contribution in [-0.4, -0.2) is 29.4 Å². The molecule has 0 aromatic carbocycles. The Kier molecular flexibility index (Phi) is 5.19. The minimum Gasteiger partial charge on any atom is -0.382 e. The summed E-state index contributed by atoms with van der Waals surface area (Å²) in [6, 6.07) is 4.04. The second-order valence-electron chi connectivity index (χ2n) is 4.77. The summed E-state index contributed by atoms with van der Waals surface area (Å²) in [6.07, 6.45) is 0.998. The molecule has 1 amide bonds. The number of carbonyl (C=O) groups excluding carboxylic acids is 1. The second-order valence-corrected chi connectivity index (χ2v) is 6.75. The van der Waals surface area contributed by atoms with Crippen LogP contribution in [0.4, 0.5) is 10.9 Å². The van der Waals surface area contributed by atoms with Gasteiger partial charge in [0.25, 0.3) is 5.91 Å². The van der Waals surface area contributed by atoms with E-state index in [-0.39, 0.29) is 11.9 Å². The van der Waals surface area contributed by atoms with Crippen molar-refractivity contribution in [3.63, 3.8) is 0 Å². The van der Waals surface area contributed by atoms with Crippen molar-refractivity contribution in [1.29, 1.82) is 0 Å². The molecule has 1 atom stereocenters. The zero-order valence-corrected chi connectivity index (χ0v) is 14.1. The van der Waals surface area contributed by atoms with Gasteiger partial charge in [0.15, 0.2) is 5.13 Å². The molecule has 0 bridgehead atoms. The van der Waals surface area contributed by atoms with Gasteiger partial charge < -0.3 is 16.0 Å². The molecular weight excluding hydrogens is 304 g/mol. The van der Waals surface area contributed by atoms with E-state index in [4.69, 9.17) is 5.73 Å². The summed E-state index contributed by atoms with van der Waals surface area (Å²) >= 11 is 2.96. The number of anilines is 2. The number of aromatic nitrogens is 1. The van der Waals surface area contributed by atoms with Crippen molar-refractivity contribution < 1.29 is 4.79 Å². The first-order valence-electron chi connectivity index (χ1n) is 6.85. The molecule has 0 aliphatic carbocycles. The predicted molar refractivity (Wildman–Crippen MR) is 90.1 cm³/mol. The highest BCUT2D eigenvalue weighted by molar-refractivity contribution is 7.18. The maximum Gasteiger partial charge on any atom is 0.268 e. The zero-order chi connectivity index (χ0) is 15.4. The third-order valence-corrected chi connectivity index (χ3v) is 5.29. The number of thiazole rings is 1. The fraction of sp³-hybridized carbons (Fsp3) is 0.429. The topological polar surface area (TPSA) is 71.2 Å². The highest BCUT2D eigenvalue weighted by atomic mass is 32.1. The van der Waals surface area contributed by atoms with Gasteiger partial charge in [-0.3, -0.25) is 4.79 Å². The van der Waals surface area contributed by atoms with Crippen LogP contribution in [0.15, 0.2) is 17.5 Å². The van der Waals surface area contributed by atoms with Crippen LogP contribution in [0.1, 0.15) is 40.9 Å². The second kappa shape index (κ2) is 6.91. The van der Waals surface area contributed by atoms with Crippen molar-refractivity contribution in [2.24, 2.45) is 0 Å². The van der Waals surface area contributed by atoms with Crippen molar-refractivity contribution in [3.05, 3.63) is 27.3 Å². The molecule has 7 heteroatoms. The van der Waals surface area contributed by atoms with Gasteiger partial charge in [-0.25, -0.2) is 4.98 Å². The molecule has 21 heavy (non-hydrogen) atoms. The number of amides is 1. The van der Waals surface area contributed by atoms with E-state index in [0.717, 1.165) is 17.8 Å². The summed E-state index contributed by atoms with van der Waals surface area (Å²) in [5.41, 5.74) is 5.89. The molecule has 0 fully saturated rings. The van der Waals surface area contributed by atoms with E-state index < -0.39 is 0 Å². The van der Waals surface area contributed by atoms with Gasteiger partial charge >= 0.3 is 0 Å². The molecule has 0 radical (unpaired) electrons. The monoisotopic (exact) mass is 324 g/mol. The number of carbonyl (C=O) groups is 1. The van der Waals surface area contributed by atoms with Crippen molar-refractivity contribution in [2.75, 3.05) is 24.6 Å². The third-order valence-electron chi connectivity index (χ3n) is 3.23. The van der Waals surface area contributed by atoms with Crippen LogP contribution in [0, 0.1) is 0 Å². The molecule has 2 rings (SSSR count). The molecule has 5 nitrogen and oxygen atoms in total. The highest BCUT2D eigenvalue weighted by Gasteiger charge is 2.24. The Hall–Kier alpha value is -1.60. The van der Waals surface area contributed by atoms with Crippen LogP contribution >= 0.6 is 22.7 Å². The molecule has 3 N–H and O–H groups in total. The molecular formula is C14H20N4OS2. The highest BCUT2D eigenvalue weighted by Crippen LogP contribution is 2.30. The van der Waals surface area contributed by atoms with Crippen LogP contribution < -0.4 is 11.1 Å². The average Bonchev–Trinajstić information content (AvgIpc) is 3.12. The molecule has 0 saturated carbocycles. The lowest BCUT2D eigenvalue weighted by Crippen LogP contribution is -2.29. The standard InChI is InChI=1S/C14H20N4OS2/c1-4-7-16-14-17-12(15)11(21-14)13(19)18(3)9(2)10-6-5-8-20-10/h5-6,8-9H,4,7,15H2,1-3H3,(H,16,17). The van der Waals surface area contributed by atoms with Crippen LogP contribution in [-0.2, 0) is 0 Å². The van der Waals surface area contributed by atoms with E-state index >= 15 is 0 Å². The number of nitrogens with one attached hydrogen (secondary N) is 1. The lowest BCUT2D eigenvalue weighted by molar-refractivity contribution is 0.0750. The Balaban J connectivity index is 2.13. The Labute approximate surface area is 132 Å². The van der Waals surface area contributed by atoms with Gasteiger partial charge in [-0.2, -0.15) is 0 Å². The van der Waals surface area contributed by atoms with Crippen LogP contribution in [0.3, 0.4) is 0 Å². The fourth-order valence-corrected chi connectivity index (χ4v) is 3.57. The van der Waals surface area contributed by atoms with E-state index in [1.807, 2.05) is 24.4 Å². The molecule has 1 unspecified atom stereocenters. The van der Waals surface area contributed by atoms with Gasteiger partial charge in [0.1, 0.15) is 10.7 Å². The van der Waals surface area contributed by atoms with Gasteiger partial charge in [0.05, 0.1) is 6.04 Å². The zero-order valence-electron chi connectivity index (χ0n) is 12.4. The average molecular weight is 324 g/mol. The summed E-state index contributed by atoms with van der Waals surface area (Å²) in [6.45, 7) is 4.91. The molecule has 0 spiro atoms. The number of nitrogens with two attached hydrogens (primary N) is 1. The number of hydrogen-bond donors (Lipinski definition) is 2. The SMILES string of the molecule is CCCNc1nc(N)c(C(=O)N(C)C(C)c2cccs2)s1. The van der Waals surface area contributed by atoms with Gasteiger partial charge in [-0.15, -0.1) is 11.3 Å². The summed E-state index contributed by atoms with van der Waals surface area (Å²) in [7, 11) is 1.80. The molecule has 0 aliphatic rings. The summed E-state index contributed by atoms with van der Waals surface area (Å²) in [4.78, 5) is 20.2. The van der Waals surface area contributed by atoms with Gasteiger partial charge in [-0.1, -0.05) is 24.3 Å². The molecule has 2 aromatic rings. The number of thiophene rings is 1. The van der Waals surface area contributed by atoms with Crippen LogP contribution in [0.5, 0.6) is 0 Å². The van der Waals surface area contributed by atoms with Crippen LogP contribution in [0.2, 0.25) is 0 Å². The number of rotatable bonds is 6. The molecule has 0 saturated heterocycles. The predicted octanol–water partition coefficient (Wildman–Crippen LogP) is 3.44. The lowest BCUT2D eigenvalue weighted by atomic mass is 10.2. The molecule has 2 aromatic heterocycles. The number of nitrogens with zero attached hydrogens (tertiary/aromatic N) is 2. The quantitative estimate of drug-likeness (QED) is 0.854. The minimum absolute atomic E-state index is 0.0195. The van der Waals surface area contributed by atoms with E-state index in [9.17, 15) is 4.79 Å². The lowest BCUT2D eigenvalue weighted by Gasteiger charge is -2.23. The van der Waals surface area contributed by atoms with Gasteiger partial charge in [0, 0.05) is 18.5 Å². The maximum atomic E-state index is 12.6. The van der Waals surface area contributed by atoms with Gasteiger partial charge in [-0.05, 0) is 24.8 Å². The van der Waals surface area contributed by atoms with Crippen molar-refractivity contribution >= 4 is 39.5 Å². The number of hydrogen-bond acceptors (Lipinski definition) is 6. The summed E-state index contributed by atoms with van der Waals surface area (Å²) in [5.74, 6) is 0.212. The minimum atomic E-state index is -0.0875. The van der Waals surface area contributed by atoms with E-state index in [1.54, 1.807) is 23.3 Å². The van der Waals surface area contributed by atoms with E-state index in [0.29, 0.717) is 15.8 Å². The largest absolute Gasteiger partial charge is 0.382 e. The van der Waals surface area contributed by atoms with Crippen molar-refractivity contribution in [1.82, 2.24) is 9.88 Å². The first kappa shape index (κ1) is 15.8.